The fourth-order valence-corrected chi connectivity index (χ4v) is 1.03. The number of nitrogen functional groups attached to an aromatic ring is 1. The number of esters is 1. The fraction of sp³-hybridized carbons (Fsp3) is 0.300. The molecule has 0 aliphatic carbocycles. The lowest BCUT2D eigenvalue weighted by Gasteiger charge is -1.96. The number of hydrogen-bond acceptors (Lipinski definition) is 5. The summed E-state index contributed by atoms with van der Waals surface area (Å²) in [4.78, 5) is 18.4. The highest BCUT2D eigenvalue weighted by atomic mass is 35.5. The lowest BCUT2D eigenvalue weighted by Crippen LogP contribution is -2.02. The number of aromatic nitrogens is 2. The number of anilines is 1. The minimum absolute atomic E-state index is 0.00983. The molecule has 0 radical (unpaired) electrons. The van der Waals surface area contributed by atoms with Gasteiger partial charge in [0.15, 0.2) is 0 Å². The molecule has 1 heterocycles. The summed E-state index contributed by atoms with van der Waals surface area (Å²) < 4.78 is 4.70. The number of carbonyl (C=O) groups is 1. The van der Waals surface area contributed by atoms with Crippen molar-refractivity contribution in [3.05, 3.63) is 17.0 Å². The molecule has 0 aromatic carbocycles. The first-order chi connectivity index (χ1) is 7.63. The van der Waals surface area contributed by atoms with Gasteiger partial charge in [0.25, 0.3) is 0 Å². The first kappa shape index (κ1) is 12.3. The minimum Gasteiger partial charge on any atom is -0.465 e. The van der Waals surface area contributed by atoms with Gasteiger partial charge in [-0.15, -0.1) is 0 Å². The van der Waals surface area contributed by atoms with Crippen LogP contribution in [0.1, 0.15) is 18.9 Å². The normalized spacial score (nSPS) is 9.12. The predicted octanol–water partition coefficient (Wildman–Crippen LogP) is 1.02. The van der Waals surface area contributed by atoms with E-state index in [4.69, 9.17) is 22.1 Å². The third-order valence-corrected chi connectivity index (χ3v) is 1.73. The van der Waals surface area contributed by atoms with Gasteiger partial charge in [0.05, 0.1) is 12.2 Å². The molecule has 6 heteroatoms. The molecule has 1 aromatic heterocycles. The maximum absolute atomic E-state index is 11.0. The number of ether oxygens (including phenoxy) is 1. The summed E-state index contributed by atoms with van der Waals surface area (Å²) in [5.41, 5.74) is 5.98. The van der Waals surface area contributed by atoms with Crippen LogP contribution in [0.25, 0.3) is 0 Å². The summed E-state index contributed by atoms with van der Waals surface area (Å²) in [6.07, 6.45) is 1.42. The molecular formula is C10H10ClN3O2. The molecule has 0 saturated heterocycles. The second-order valence-corrected chi connectivity index (χ2v) is 3.06. The Morgan fingerprint density at radius 1 is 1.69 bits per heavy atom. The SMILES string of the molecule is CCOC(=O)CC#Cc1cnc(Cl)nc1N. The van der Waals surface area contributed by atoms with E-state index in [-0.39, 0.29) is 23.5 Å². The molecule has 5 nitrogen and oxygen atoms in total. The average Bonchev–Trinajstić information content (AvgIpc) is 2.22. The molecule has 0 saturated carbocycles. The molecule has 0 atom stereocenters. The smallest absolute Gasteiger partial charge is 0.317 e. The molecule has 16 heavy (non-hydrogen) atoms. The predicted molar refractivity (Wildman–Crippen MR) is 59.6 cm³/mol. The van der Waals surface area contributed by atoms with Gasteiger partial charge in [-0.1, -0.05) is 11.8 Å². The van der Waals surface area contributed by atoms with Gasteiger partial charge in [0.1, 0.15) is 12.2 Å². The van der Waals surface area contributed by atoms with E-state index in [2.05, 4.69) is 21.8 Å². The van der Waals surface area contributed by atoms with Crippen LogP contribution in [0.3, 0.4) is 0 Å². The molecule has 0 aliphatic heterocycles. The zero-order chi connectivity index (χ0) is 12.0. The second-order valence-electron chi connectivity index (χ2n) is 2.72. The van der Waals surface area contributed by atoms with Crippen LogP contribution in [0.15, 0.2) is 6.20 Å². The highest BCUT2D eigenvalue weighted by molar-refractivity contribution is 6.28. The van der Waals surface area contributed by atoms with Crippen LogP contribution >= 0.6 is 11.6 Å². The van der Waals surface area contributed by atoms with Crippen molar-refractivity contribution in [3.63, 3.8) is 0 Å². The van der Waals surface area contributed by atoms with Gasteiger partial charge < -0.3 is 10.5 Å². The van der Waals surface area contributed by atoms with Crippen molar-refractivity contribution in [2.45, 2.75) is 13.3 Å². The Kier molecular flexibility index (Phi) is 4.55. The Morgan fingerprint density at radius 3 is 3.06 bits per heavy atom. The maximum Gasteiger partial charge on any atom is 0.317 e. The van der Waals surface area contributed by atoms with E-state index in [1.165, 1.54) is 6.20 Å². The van der Waals surface area contributed by atoms with Crippen LogP contribution < -0.4 is 5.73 Å². The molecule has 1 aromatic rings. The quantitative estimate of drug-likeness (QED) is 0.474. The Labute approximate surface area is 98.0 Å². The zero-order valence-corrected chi connectivity index (χ0v) is 9.41. The number of hydrogen-bond donors (Lipinski definition) is 1. The van der Waals surface area contributed by atoms with Crippen LogP contribution in [-0.2, 0) is 9.53 Å². The van der Waals surface area contributed by atoms with Gasteiger partial charge in [-0.25, -0.2) is 4.98 Å². The topological polar surface area (TPSA) is 78.1 Å². The fourth-order valence-electron chi connectivity index (χ4n) is 0.892. The monoisotopic (exact) mass is 239 g/mol. The molecule has 2 N–H and O–H groups in total. The summed E-state index contributed by atoms with van der Waals surface area (Å²) in [6, 6.07) is 0. The maximum atomic E-state index is 11.0. The van der Waals surface area contributed by atoms with Crippen molar-refractivity contribution < 1.29 is 9.53 Å². The van der Waals surface area contributed by atoms with Gasteiger partial charge in [0, 0.05) is 6.20 Å². The Bertz CT molecular complexity index is 451. The third kappa shape index (κ3) is 3.75. The molecule has 1 rings (SSSR count). The lowest BCUT2D eigenvalue weighted by atomic mass is 10.3. The van der Waals surface area contributed by atoms with Gasteiger partial charge in [-0.3, -0.25) is 4.79 Å². The highest BCUT2D eigenvalue weighted by Gasteiger charge is 2.00. The first-order valence-electron chi connectivity index (χ1n) is 4.56. The zero-order valence-electron chi connectivity index (χ0n) is 8.66. The first-order valence-corrected chi connectivity index (χ1v) is 4.93. The van der Waals surface area contributed by atoms with E-state index in [1.807, 2.05) is 0 Å². The van der Waals surface area contributed by atoms with Crippen molar-refractivity contribution in [1.29, 1.82) is 0 Å². The average molecular weight is 240 g/mol. The van der Waals surface area contributed by atoms with Gasteiger partial charge in [0.2, 0.25) is 5.28 Å². The van der Waals surface area contributed by atoms with Crippen molar-refractivity contribution in [2.75, 3.05) is 12.3 Å². The molecule has 0 spiro atoms. The van der Waals surface area contributed by atoms with Crippen LogP contribution in [-0.4, -0.2) is 22.5 Å². The van der Waals surface area contributed by atoms with Gasteiger partial charge in [-0.2, -0.15) is 4.98 Å². The van der Waals surface area contributed by atoms with E-state index >= 15 is 0 Å². The van der Waals surface area contributed by atoms with Gasteiger partial charge in [-0.05, 0) is 18.5 Å². The van der Waals surface area contributed by atoms with Crippen molar-refractivity contribution in [1.82, 2.24) is 9.97 Å². The van der Waals surface area contributed by atoms with Gasteiger partial charge >= 0.3 is 5.97 Å². The van der Waals surface area contributed by atoms with Crippen LogP contribution in [0.2, 0.25) is 5.28 Å². The number of nitrogens with zero attached hydrogens (tertiary/aromatic N) is 2. The Balaban J connectivity index is 2.66. The van der Waals surface area contributed by atoms with Crippen molar-refractivity contribution in [2.24, 2.45) is 0 Å². The molecule has 0 bridgehead atoms. The summed E-state index contributed by atoms with van der Waals surface area (Å²) >= 11 is 5.52. The summed E-state index contributed by atoms with van der Waals surface area (Å²) in [5, 5.41) is 0.0634. The van der Waals surface area contributed by atoms with Crippen LogP contribution in [0.4, 0.5) is 5.82 Å². The van der Waals surface area contributed by atoms with E-state index < -0.39 is 0 Å². The third-order valence-electron chi connectivity index (χ3n) is 1.55. The van der Waals surface area contributed by atoms with E-state index in [0.717, 1.165) is 0 Å². The minimum atomic E-state index is -0.372. The second kappa shape index (κ2) is 5.93. The molecule has 0 amide bonds. The van der Waals surface area contributed by atoms with Crippen LogP contribution in [0, 0.1) is 11.8 Å². The summed E-state index contributed by atoms with van der Waals surface area (Å²) in [7, 11) is 0. The van der Waals surface area contributed by atoms with E-state index in [0.29, 0.717) is 12.2 Å². The number of halogens is 1. The van der Waals surface area contributed by atoms with Crippen molar-refractivity contribution >= 4 is 23.4 Å². The largest absolute Gasteiger partial charge is 0.465 e. The van der Waals surface area contributed by atoms with E-state index in [9.17, 15) is 4.79 Å². The Hall–Kier alpha value is -1.80. The molecule has 0 fully saturated rings. The number of carbonyl (C=O) groups excluding carboxylic acids is 1. The molecule has 84 valence electrons. The van der Waals surface area contributed by atoms with Crippen molar-refractivity contribution in [3.8, 4) is 11.8 Å². The Morgan fingerprint density at radius 2 is 2.44 bits per heavy atom. The highest BCUT2D eigenvalue weighted by Crippen LogP contribution is 2.08. The lowest BCUT2D eigenvalue weighted by molar-refractivity contribution is -0.141. The number of nitrogens with two attached hydrogens (primary N) is 1. The molecule has 0 aliphatic rings. The molecule has 0 unspecified atom stereocenters. The van der Waals surface area contributed by atoms with E-state index in [1.54, 1.807) is 6.92 Å². The summed E-state index contributed by atoms with van der Waals surface area (Å²) in [6.45, 7) is 2.07. The standard InChI is InChI=1S/C10H10ClN3O2/c1-2-16-8(15)5-3-4-7-6-13-10(11)14-9(7)12/h6H,2,5H2,1H3,(H2,12,13,14). The summed E-state index contributed by atoms with van der Waals surface area (Å²) in [5.74, 6) is 5.11. The number of rotatable bonds is 2. The molecular weight excluding hydrogens is 230 g/mol. The van der Waals surface area contributed by atoms with Crippen LogP contribution in [0.5, 0.6) is 0 Å².